The number of hydrogen-bond acceptors (Lipinski definition) is 4. The lowest BCUT2D eigenvalue weighted by atomic mass is 10.2. The highest BCUT2D eigenvalue weighted by Gasteiger charge is 2.20. The number of aromatic nitrogens is 1. The summed E-state index contributed by atoms with van der Waals surface area (Å²) in [5.74, 6) is -0.625. The van der Waals surface area contributed by atoms with E-state index < -0.39 is 12.0 Å². The molecule has 0 saturated carbocycles. The first-order valence-electron chi connectivity index (χ1n) is 4.48. The van der Waals surface area contributed by atoms with Crippen LogP contribution in [-0.4, -0.2) is 29.1 Å². The Morgan fingerprint density at radius 3 is 2.81 bits per heavy atom. The van der Waals surface area contributed by atoms with Crippen LogP contribution >= 0.6 is 11.6 Å². The van der Waals surface area contributed by atoms with E-state index >= 15 is 0 Å². The number of halogens is 1. The van der Waals surface area contributed by atoms with Crippen LogP contribution in [0.2, 0.25) is 5.02 Å². The Labute approximate surface area is 97.9 Å². The molecule has 84 valence electrons. The summed E-state index contributed by atoms with van der Waals surface area (Å²) >= 11 is 5.90. The number of carbonyl (C=O) groups is 1. The molecule has 16 heavy (non-hydrogen) atoms. The molecule has 0 aromatic carbocycles. The zero-order valence-electron chi connectivity index (χ0n) is 8.81. The van der Waals surface area contributed by atoms with Gasteiger partial charge in [-0.1, -0.05) is 11.6 Å². The first-order chi connectivity index (χ1) is 7.47. The van der Waals surface area contributed by atoms with Crippen molar-refractivity contribution in [1.82, 2.24) is 4.98 Å². The molecule has 0 aliphatic carbocycles. The fraction of sp³-hybridized carbons (Fsp3) is 0.300. The van der Waals surface area contributed by atoms with Gasteiger partial charge in [-0.05, 0) is 13.0 Å². The molecule has 0 bridgehead atoms. The third-order valence-electron chi connectivity index (χ3n) is 2.22. The SMILES string of the molecule is CC(C(=O)O)N(C)c1ncc(C#N)cc1Cl. The monoisotopic (exact) mass is 239 g/mol. The summed E-state index contributed by atoms with van der Waals surface area (Å²) in [5, 5.41) is 17.7. The van der Waals surface area contributed by atoms with Gasteiger partial charge in [0.05, 0.1) is 10.6 Å². The van der Waals surface area contributed by atoms with Gasteiger partial charge in [0.1, 0.15) is 17.9 Å². The Hall–Kier alpha value is -1.80. The molecule has 0 saturated heterocycles. The molecular weight excluding hydrogens is 230 g/mol. The van der Waals surface area contributed by atoms with Gasteiger partial charge in [0.15, 0.2) is 0 Å². The van der Waals surface area contributed by atoms with E-state index in [0.717, 1.165) is 0 Å². The van der Waals surface area contributed by atoms with Crippen LogP contribution in [-0.2, 0) is 4.79 Å². The van der Waals surface area contributed by atoms with E-state index in [-0.39, 0.29) is 5.02 Å². The van der Waals surface area contributed by atoms with Crippen molar-refractivity contribution < 1.29 is 9.90 Å². The van der Waals surface area contributed by atoms with Crippen LogP contribution < -0.4 is 4.90 Å². The molecule has 0 aliphatic heterocycles. The Morgan fingerprint density at radius 2 is 2.38 bits per heavy atom. The third-order valence-corrected chi connectivity index (χ3v) is 2.50. The molecule has 1 aromatic heterocycles. The minimum Gasteiger partial charge on any atom is -0.480 e. The van der Waals surface area contributed by atoms with Gasteiger partial charge in [-0.3, -0.25) is 0 Å². The molecule has 0 radical (unpaired) electrons. The highest BCUT2D eigenvalue weighted by Crippen LogP contribution is 2.24. The zero-order chi connectivity index (χ0) is 12.3. The van der Waals surface area contributed by atoms with E-state index in [2.05, 4.69) is 4.98 Å². The summed E-state index contributed by atoms with van der Waals surface area (Å²) in [6.45, 7) is 1.53. The van der Waals surface area contributed by atoms with E-state index in [4.69, 9.17) is 22.0 Å². The van der Waals surface area contributed by atoms with Gasteiger partial charge in [-0.25, -0.2) is 9.78 Å². The van der Waals surface area contributed by atoms with Crippen molar-refractivity contribution >= 4 is 23.4 Å². The van der Waals surface area contributed by atoms with Gasteiger partial charge >= 0.3 is 5.97 Å². The number of likely N-dealkylation sites (N-methyl/N-ethyl adjacent to an activating group) is 1. The van der Waals surface area contributed by atoms with Crippen molar-refractivity contribution in [3.8, 4) is 6.07 Å². The predicted molar refractivity (Wildman–Crippen MR) is 59.5 cm³/mol. The minimum atomic E-state index is -0.968. The fourth-order valence-electron chi connectivity index (χ4n) is 1.10. The minimum absolute atomic E-state index is 0.259. The molecule has 1 N–H and O–H groups in total. The standard InChI is InChI=1S/C10H10ClN3O2/c1-6(10(15)16)14(2)9-8(11)3-7(4-12)5-13-9/h3,5-6H,1-2H3,(H,15,16). The van der Waals surface area contributed by atoms with Crippen LogP contribution in [0.1, 0.15) is 12.5 Å². The van der Waals surface area contributed by atoms with Gasteiger partial charge in [-0.15, -0.1) is 0 Å². The summed E-state index contributed by atoms with van der Waals surface area (Å²) in [5.41, 5.74) is 0.338. The van der Waals surface area contributed by atoms with Crippen LogP contribution in [0, 0.1) is 11.3 Å². The van der Waals surface area contributed by atoms with Crippen LogP contribution in [0.3, 0.4) is 0 Å². The first-order valence-corrected chi connectivity index (χ1v) is 4.86. The maximum atomic E-state index is 10.8. The number of pyridine rings is 1. The molecule has 1 rings (SSSR count). The smallest absolute Gasteiger partial charge is 0.326 e. The lowest BCUT2D eigenvalue weighted by Crippen LogP contribution is -2.36. The number of carboxylic acids is 1. The second-order valence-electron chi connectivity index (χ2n) is 3.27. The number of rotatable bonds is 3. The number of anilines is 1. The Morgan fingerprint density at radius 1 is 1.75 bits per heavy atom. The van der Waals surface area contributed by atoms with Crippen molar-refractivity contribution in [2.75, 3.05) is 11.9 Å². The molecule has 0 amide bonds. The van der Waals surface area contributed by atoms with Gasteiger partial charge in [0, 0.05) is 13.2 Å². The van der Waals surface area contributed by atoms with E-state index in [1.54, 1.807) is 7.05 Å². The summed E-state index contributed by atoms with van der Waals surface area (Å²) in [6.07, 6.45) is 1.35. The topological polar surface area (TPSA) is 77.2 Å². The lowest BCUT2D eigenvalue weighted by molar-refractivity contribution is -0.138. The molecule has 1 atom stereocenters. The van der Waals surface area contributed by atoms with Crippen molar-refractivity contribution in [2.24, 2.45) is 0 Å². The molecule has 1 unspecified atom stereocenters. The van der Waals surface area contributed by atoms with E-state index in [9.17, 15) is 4.79 Å². The summed E-state index contributed by atoms with van der Waals surface area (Å²) < 4.78 is 0. The maximum Gasteiger partial charge on any atom is 0.326 e. The quantitative estimate of drug-likeness (QED) is 0.865. The van der Waals surface area contributed by atoms with Crippen LogP contribution in [0.4, 0.5) is 5.82 Å². The average Bonchev–Trinajstić information content (AvgIpc) is 2.26. The largest absolute Gasteiger partial charge is 0.480 e. The van der Waals surface area contributed by atoms with Gasteiger partial charge in [-0.2, -0.15) is 5.26 Å². The Bertz CT molecular complexity index is 456. The second kappa shape index (κ2) is 4.81. The fourth-order valence-corrected chi connectivity index (χ4v) is 1.40. The molecule has 0 spiro atoms. The van der Waals surface area contributed by atoms with Crippen molar-refractivity contribution in [2.45, 2.75) is 13.0 Å². The van der Waals surface area contributed by atoms with E-state index in [1.807, 2.05) is 6.07 Å². The highest BCUT2D eigenvalue weighted by molar-refractivity contribution is 6.33. The van der Waals surface area contributed by atoms with Crippen LogP contribution in [0.5, 0.6) is 0 Å². The molecule has 1 heterocycles. The van der Waals surface area contributed by atoms with E-state index in [0.29, 0.717) is 11.4 Å². The van der Waals surface area contributed by atoms with Gasteiger partial charge < -0.3 is 10.0 Å². The normalized spacial score (nSPS) is 11.6. The van der Waals surface area contributed by atoms with Gasteiger partial charge in [0.2, 0.25) is 0 Å². The molecule has 0 fully saturated rings. The number of aliphatic carboxylic acids is 1. The number of carboxylic acid groups (broad SMARTS) is 1. The van der Waals surface area contributed by atoms with E-state index in [1.165, 1.54) is 24.1 Å². The van der Waals surface area contributed by atoms with Crippen molar-refractivity contribution in [3.63, 3.8) is 0 Å². The molecule has 1 aromatic rings. The Kier molecular flexibility index (Phi) is 3.69. The highest BCUT2D eigenvalue weighted by atomic mass is 35.5. The second-order valence-corrected chi connectivity index (χ2v) is 3.67. The summed E-state index contributed by atoms with van der Waals surface area (Å²) in [6, 6.07) is 2.62. The van der Waals surface area contributed by atoms with Gasteiger partial charge in [0.25, 0.3) is 0 Å². The van der Waals surface area contributed by atoms with Crippen LogP contribution in [0.25, 0.3) is 0 Å². The molecule has 0 aliphatic rings. The number of nitriles is 1. The van der Waals surface area contributed by atoms with Crippen molar-refractivity contribution in [1.29, 1.82) is 5.26 Å². The lowest BCUT2D eigenvalue weighted by Gasteiger charge is -2.23. The van der Waals surface area contributed by atoms with Crippen molar-refractivity contribution in [3.05, 3.63) is 22.8 Å². The predicted octanol–water partition coefficient (Wildman–Crippen LogP) is 1.52. The Balaban J connectivity index is 3.06. The number of nitrogens with zero attached hydrogens (tertiary/aromatic N) is 3. The first kappa shape index (κ1) is 12.3. The third kappa shape index (κ3) is 2.41. The van der Waals surface area contributed by atoms with Crippen LogP contribution in [0.15, 0.2) is 12.3 Å². The average molecular weight is 240 g/mol. The summed E-state index contributed by atoms with van der Waals surface area (Å²) in [7, 11) is 1.58. The zero-order valence-corrected chi connectivity index (χ0v) is 9.56. The molecule has 6 heteroatoms. The maximum absolute atomic E-state index is 10.8. The molecule has 5 nitrogen and oxygen atoms in total. The number of hydrogen-bond donors (Lipinski definition) is 1. The summed E-state index contributed by atoms with van der Waals surface area (Å²) in [4.78, 5) is 16.2. The molecular formula is C10H10ClN3O2.